The Morgan fingerprint density at radius 2 is 1.73 bits per heavy atom. The van der Waals surface area contributed by atoms with Crippen LogP contribution in [0.2, 0.25) is 0 Å². The lowest BCUT2D eigenvalue weighted by Crippen LogP contribution is -2.39. The van der Waals surface area contributed by atoms with Crippen molar-refractivity contribution in [1.82, 2.24) is 14.8 Å². The van der Waals surface area contributed by atoms with E-state index in [4.69, 9.17) is 9.47 Å². The van der Waals surface area contributed by atoms with Crippen LogP contribution in [0, 0.1) is 0 Å². The van der Waals surface area contributed by atoms with Gasteiger partial charge >= 0.3 is 0 Å². The van der Waals surface area contributed by atoms with Crippen molar-refractivity contribution in [3.05, 3.63) is 108 Å². The molecular weight excluding hydrogens is 566 g/mol. The fraction of sp³-hybridized carbons (Fsp3) is 0.306. The number of fused-ring (bicyclic) bond motifs is 1. The zero-order valence-electron chi connectivity index (χ0n) is 26.2. The predicted molar refractivity (Wildman–Crippen MR) is 177 cm³/mol. The Morgan fingerprint density at radius 3 is 2.56 bits per heavy atom. The maximum atomic E-state index is 14.4. The first-order valence-electron chi connectivity index (χ1n) is 15.4. The number of carbonyl (C=O) groups excluding carboxylic acids is 2. The van der Waals surface area contributed by atoms with Crippen LogP contribution in [0.1, 0.15) is 41.8 Å². The summed E-state index contributed by atoms with van der Waals surface area (Å²) in [6.45, 7) is 7.65. The first-order valence-corrected chi connectivity index (χ1v) is 15.4. The lowest BCUT2D eigenvalue weighted by molar-refractivity contribution is -0.116. The van der Waals surface area contributed by atoms with Crippen LogP contribution < -0.4 is 19.7 Å². The molecule has 2 amide bonds. The zero-order valence-corrected chi connectivity index (χ0v) is 26.2. The Kier molecular flexibility index (Phi) is 10.7. The number of amides is 2. The van der Waals surface area contributed by atoms with Crippen LogP contribution in [0.25, 0.3) is 0 Å². The van der Waals surface area contributed by atoms with Crippen LogP contribution in [0.5, 0.6) is 11.5 Å². The van der Waals surface area contributed by atoms with Gasteiger partial charge in [-0.25, -0.2) is 4.98 Å². The number of rotatable bonds is 8. The molecule has 3 aromatic carbocycles. The molecule has 1 N–H and O–H groups in total. The average Bonchev–Trinajstić information content (AvgIpc) is 3.09. The third kappa shape index (κ3) is 7.99. The molecular formula is C36H41N5O4. The summed E-state index contributed by atoms with van der Waals surface area (Å²) in [6.07, 6.45) is 2.46. The minimum Gasteiger partial charge on any atom is -0.497 e. The number of nitrogens with one attached hydrogen (secondary N) is 1. The summed E-state index contributed by atoms with van der Waals surface area (Å²) in [5, 5.41) is 3.31. The predicted octanol–water partition coefficient (Wildman–Crippen LogP) is 6.13. The summed E-state index contributed by atoms with van der Waals surface area (Å²) in [5.74, 6) is 1.86. The Labute approximate surface area is 265 Å². The van der Waals surface area contributed by atoms with Gasteiger partial charge in [0.15, 0.2) is 0 Å². The van der Waals surface area contributed by atoms with E-state index in [2.05, 4.69) is 21.3 Å². The third-order valence-corrected chi connectivity index (χ3v) is 7.89. The maximum absolute atomic E-state index is 14.4. The summed E-state index contributed by atoms with van der Waals surface area (Å²) in [7, 11) is 1.62. The molecule has 0 saturated carbocycles. The van der Waals surface area contributed by atoms with Crippen LogP contribution in [-0.2, 0) is 17.9 Å². The Bertz CT molecular complexity index is 1610. The number of carbonyl (C=O) groups is 2. The zero-order chi connectivity index (χ0) is 31.6. The van der Waals surface area contributed by atoms with E-state index in [0.717, 1.165) is 41.2 Å². The molecule has 1 aromatic heterocycles. The minimum absolute atomic E-state index is 0.0233. The Balaban J connectivity index is 1.48. The van der Waals surface area contributed by atoms with Gasteiger partial charge in [-0.05, 0) is 55.3 Å². The smallest absolute Gasteiger partial charge is 0.257 e. The van der Waals surface area contributed by atoms with Crippen molar-refractivity contribution in [3.8, 4) is 11.5 Å². The second-order valence-electron chi connectivity index (χ2n) is 11.0. The minimum atomic E-state index is -0.147. The molecule has 0 radical (unpaired) electrons. The first-order chi connectivity index (χ1) is 22.0. The SMILES string of the molecule is CCOc1ccccc1CN1CCCN(C(C)=O)c2ccccc2CN(C(=O)c2cccnc2Nc2cccc(OC)c2)CC1. The second kappa shape index (κ2) is 15.2. The van der Waals surface area contributed by atoms with E-state index in [0.29, 0.717) is 56.5 Å². The van der Waals surface area contributed by atoms with Crippen LogP contribution in [-0.4, -0.2) is 66.5 Å². The molecule has 1 aliphatic heterocycles. The van der Waals surface area contributed by atoms with Gasteiger partial charge in [0.2, 0.25) is 5.91 Å². The highest BCUT2D eigenvalue weighted by Crippen LogP contribution is 2.28. The number of aromatic nitrogens is 1. The number of pyridine rings is 1. The van der Waals surface area contributed by atoms with Gasteiger partial charge in [-0.15, -0.1) is 0 Å². The molecule has 0 spiro atoms. The average molecular weight is 608 g/mol. The van der Waals surface area contributed by atoms with Gasteiger partial charge < -0.3 is 24.6 Å². The molecule has 9 nitrogen and oxygen atoms in total. The fourth-order valence-corrected chi connectivity index (χ4v) is 5.65. The number of anilines is 3. The van der Waals surface area contributed by atoms with Gasteiger partial charge in [-0.2, -0.15) is 0 Å². The number of methoxy groups -OCH3 is 1. The Hall–Kier alpha value is -4.89. The van der Waals surface area contributed by atoms with Gasteiger partial charge in [-0.1, -0.05) is 42.5 Å². The molecule has 0 unspecified atom stereocenters. The quantitative estimate of drug-likeness (QED) is 0.258. The molecule has 2 heterocycles. The summed E-state index contributed by atoms with van der Waals surface area (Å²) >= 11 is 0. The van der Waals surface area contributed by atoms with Crippen LogP contribution in [0.4, 0.5) is 17.2 Å². The van der Waals surface area contributed by atoms with E-state index in [-0.39, 0.29) is 11.8 Å². The topological polar surface area (TPSA) is 87.2 Å². The monoisotopic (exact) mass is 607 g/mol. The highest BCUT2D eigenvalue weighted by atomic mass is 16.5. The van der Waals surface area contributed by atoms with Crippen molar-refractivity contribution in [2.75, 3.05) is 50.1 Å². The molecule has 45 heavy (non-hydrogen) atoms. The van der Waals surface area contributed by atoms with Gasteiger partial charge in [0.1, 0.15) is 17.3 Å². The van der Waals surface area contributed by atoms with Crippen LogP contribution >= 0.6 is 0 Å². The van der Waals surface area contributed by atoms with E-state index >= 15 is 0 Å². The normalized spacial score (nSPS) is 14.2. The second-order valence-corrected chi connectivity index (χ2v) is 11.0. The molecule has 0 bridgehead atoms. The number of hydrogen-bond acceptors (Lipinski definition) is 7. The van der Waals surface area contributed by atoms with Gasteiger partial charge in [0, 0.05) is 75.4 Å². The number of nitrogens with zero attached hydrogens (tertiary/aromatic N) is 4. The van der Waals surface area contributed by atoms with Crippen molar-refractivity contribution in [2.45, 2.75) is 33.4 Å². The first kappa shape index (κ1) is 31.5. The van der Waals surface area contributed by atoms with E-state index in [9.17, 15) is 9.59 Å². The van der Waals surface area contributed by atoms with Crippen LogP contribution in [0.15, 0.2) is 91.1 Å². The van der Waals surface area contributed by atoms with Crippen molar-refractivity contribution in [3.63, 3.8) is 0 Å². The number of para-hydroxylation sites is 2. The van der Waals surface area contributed by atoms with Gasteiger partial charge in [-0.3, -0.25) is 14.5 Å². The van der Waals surface area contributed by atoms with E-state index in [1.165, 1.54) is 0 Å². The molecule has 0 atom stereocenters. The molecule has 0 aliphatic carbocycles. The Morgan fingerprint density at radius 1 is 0.911 bits per heavy atom. The highest BCUT2D eigenvalue weighted by Gasteiger charge is 2.25. The van der Waals surface area contributed by atoms with E-state index in [1.54, 1.807) is 32.4 Å². The summed E-state index contributed by atoms with van der Waals surface area (Å²) in [5.41, 5.74) is 4.07. The van der Waals surface area contributed by atoms with Crippen molar-refractivity contribution in [2.24, 2.45) is 0 Å². The van der Waals surface area contributed by atoms with E-state index < -0.39 is 0 Å². The van der Waals surface area contributed by atoms with Gasteiger partial charge in [0.25, 0.3) is 5.91 Å². The molecule has 9 heteroatoms. The highest BCUT2D eigenvalue weighted by molar-refractivity contribution is 5.99. The van der Waals surface area contributed by atoms with Crippen LogP contribution in [0.3, 0.4) is 0 Å². The molecule has 0 fully saturated rings. The van der Waals surface area contributed by atoms with Crippen molar-refractivity contribution < 1.29 is 19.1 Å². The van der Waals surface area contributed by atoms with Gasteiger partial charge in [0.05, 0.1) is 19.3 Å². The number of ether oxygens (including phenoxy) is 2. The molecule has 4 aromatic rings. The molecule has 0 saturated heterocycles. The largest absolute Gasteiger partial charge is 0.497 e. The van der Waals surface area contributed by atoms with Crippen molar-refractivity contribution >= 4 is 29.0 Å². The fourth-order valence-electron chi connectivity index (χ4n) is 5.65. The molecule has 5 rings (SSSR count). The summed E-state index contributed by atoms with van der Waals surface area (Å²) < 4.78 is 11.3. The maximum Gasteiger partial charge on any atom is 0.257 e. The standard InChI is InChI=1S/C36H41N5O4/c1-4-45-34-18-8-6-13-29(34)25-39-20-11-21-41(27(2)42)33-17-7-5-12-28(33)26-40(23-22-39)36(43)32-16-10-19-37-35(32)38-30-14-9-15-31(24-30)44-3/h5-10,12-19,24H,4,11,20-23,25-26H2,1-3H3,(H,37,38). The number of hydrogen-bond donors (Lipinski definition) is 1. The van der Waals surface area contributed by atoms with E-state index in [1.807, 2.05) is 83.5 Å². The lowest BCUT2D eigenvalue weighted by Gasteiger charge is -2.29. The molecule has 1 aliphatic rings. The van der Waals surface area contributed by atoms with Crippen molar-refractivity contribution in [1.29, 1.82) is 0 Å². The number of benzene rings is 3. The lowest BCUT2D eigenvalue weighted by atomic mass is 10.1. The summed E-state index contributed by atoms with van der Waals surface area (Å²) in [4.78, 5) is 37.9. The summed E-state index contributed by atoms with van der Waals surface area (Å²) in [6, 6.07) is 27.0. The molecule has 234 valence electrons. The third-order valence-electron chi connectivity index (χ3n) is 7.89.